The Bertz CT molecular complexity index is 1120. The quantitative estimate of drug-likeness (QED) is 0.584. The number of fused-ring (bicyclic) bond motifs is 2. The number of rotatable bonds is 5. The lowest BCUT2D eigenvalue weighted by Gasteiger charge is -2.15. The molecule has 5 nitrogen and oxygen atoms in total. The van der Waals surface area contributed by atoms with Crippen LogP contribution in [-0.2, 0) is 11.3 Å². The summed E-state index contributed by atoms with van der Waals surface area (Å²) in [6.07, 6.45) is 1.72. The molecule has 0 spiro atoms. The third kappa shape index (κ3) is 3.36. The molecule has 27 heavy (non-hydrogen) atoms. The van der Waals surface area contributed by atoms with E-state index in [0.717, 1.165) is 33.1 Å². The highest BCUT2D eigenvalue weighted by Crippen LogP contribution is 2.22. The second-order valence-electron chi connectivity index (χ2n) is 6.58. The Morgan fingerprint density at radius 3 is 2.74 bits per heavy atom. The Morgan fingerprint density at radius 1 is 1.11 bits per heavy atom. The van der Waals surface area contributed by atoms with Crippen molar-refractivity contribution in [3.8, 4) is 5.75 Å². The molecule has 1 unspecified atom stereocenters. The summed E-state index contributed by atoms with van der Waals surface area (Å²) < 4.78 is 7.16. The number of para-hydroxylation sites is 2. The van der Waals surface area contributed by atoms with Gasteiger partial charge in [-0.3, -0.25) is 4.79 Å². The normalized spacial score (nSPS) is 12.2. The molecule has 4 rings (SSSR count). The van der Waals surface area contributed by atoms with Crippen LogP contribution < -0.4 is 10.1 Å². The molecule has 1 amide bonds. The van der Waals surface area contributed by atoms with E-state index >= 15 is 0 Å². The standard InChI is InChI=1S/C22H21N3O2/c1-15(25-14-24-20-5-3-4-6-21(20)25)22(26)23-13-16-7-8-18-12-19(27-2)10-9-17(18)11-16/h3-12,14-15H,13H2,1-2H3,(H,23,26). The van der Waals surface area contributed by atoms with Gasteiger partial charge in [-0.15, -0.1) is 0 Å². The number of amides is 1. The molecule has 0 radical (unpaired) electrons. The fourth-order valence-corrected chi connectivity index (χ4v) is 3.26. The van der Waals surface area contributed by atoms with E-state index < -0.39 is 0 Å². The Morgan fingerprint density at radius 2 is 1.89 bits per heavy atom. The second-order valence-corrected chi connectivity index (χ2v) is 6.58. The summed E-state index contributed by atoms with van der Waals surface area (Å²) >= 11 is 0. The van der Waals surface area contributed by atoms with Crippen LogP contribution in [0.4, 0.5) is 0 Å². The maximum atomic E-state index is 12.6. The smallest absolute Gasteiger partial charge is 0.243 e. The lowest BCUT2D eigenvalue weighted by atomic mass is 10.1. The molecule has 136 valence electrons. The lowest BCUT2D eigenvalue weighted by Crippen LogP contribution is -2.30. The second kappa shape index (κ2) is 7.11. The maximum absolute atomic E-state index is 12.6. The average molecular weight is 359 g/mol. The summed E-state index contributed by atoms with van der Waals surface area (Å²) in [7, 11) is 1.66. The first-order valence-corrected chi connectivity index (χ1v) is 8.91. The van der Waals surface area contributed by atoms with Gasteiger partial charge in [-0.1, -0.05) is 30.3 Å². The van der Waals surface area contributed by atoms with Gasteiger partial charge in [0.05, 0.1) is 24.5 Å². The number of hydrogen-bond acceptors (Lipinski definition) is 3. The van der Waals surface area contributed by atoms with Crippen LogP contribution in [0, 0.1) is 0 Å². The molecule has 1 N–H and O–H groups in total. The number of carbonyl (C=O) groups is 1. The minimum atomic E-state index is -0.331. The van der Waals surface area contributed by atoms with Crippen LogP contribution in [0.25, 0.3) is 21.8 Å². The minimum Gasteiger partial charge on any atom is -0.497 e. The highest BCUT2D eigenvalue weighted by atomic mass is 16.5. The molecule has 3 aromatic carbocycles. The van der Waals surface area contributed by atoms with E-state index in [-0.39, 0.29) is 11.9 Å². The number of benzene rings is 3. The number of nitrogens with one attached hydrogen (secondary N) is 1. The maximum Gasteiger partial charge on any atom is 0.243 e. The summed E-state index contributed by atoms with van der Waals surface area (Å²) in [5, 5.41) is 5.26. The van der Waals surface area contributed by atoms with E-state index in [1.807, 2.05) is 66.1 Å². The van der Waals surface area contributed by atoms with Crippen LogP contribution in [0.3, 0.4) is 0 Å². The molecular formula is C22H21N3O2. The fourth-order valence-electron chi connectivity index (χ4n) is 3.26. The van der Waals surface area contributed by atoms with E-state index in [2.05, 4.69) is 16.4 Å². The minimum absolute atomic E-state index is 0.0343. The predicted molar refractivity (Wildman–Crippen MR) is 107 cm³/mol. The zero-order valence-corrected chi connectivity index (χ0v) is 15.3. The predicted octanol–water partition coefficient (Wildman–Crippen LogP) is 4.08. The first-order chi connectivity index (χ1) is 13.2. The van der Waals surface area contributed by atoms with E-state index in [9.17, 15) is 4.79 Å². The van der Waals surface area contributed by atoms with E-state index in [4.69, 9.17) is 4.74 Å². The SMILES string of the molecule is COc1ccc2cc(CNC(=O)C(C)n3cnc4ccccc43)ccc2c1. The van der Waals surface area contributed by atoms with Gasteiger partial charge in [0.2, 0.25) is 5.91 Å². The summed E-state index contributed by atoms with van der Waals surface area (Å²) in [5.74, 6) is 0.804. The average Bonchev–Trinajstić information content (AvgIpc) is 3.15. The summed E-state index contributed by atoms with van der Waals surface area (Å²) in [6.45, 7) is 2.37. The number of aromatic nitrogens is 2. The van der Waals surface area contributed by atoms with Crippen LogP contribution in [0.2, 0.25) is 0 Å². The number of carbonyl (C=O) groups excluding carboxylic acids is 1. The van der Waals surface area contributed by atoms with Gasteiger partial charge in [-0.05, 0) is 53.6 Å². The molecule has 0 bridgehead atoms. The van der Waals surface area contributed by atoms with Gasteiger partial charge in [0.25, 0.3) is 0 Å². The van der Waals surface area contributed by atoms with Crippen molar-refractivity contribution in [2.45, 2.75) is 19.5 Å². The summed E-state index contributed by atoms with van der Waals surface area (Å²) in [6, 6.07) is 19.6. The zero-order chi connectivity index (χ0) is 18.8. The first-order valence-electron chi connectivity index (χ1n) is 8.91. The molecule has 1 aromatic heterocycles. The van der Waals surface area contributed by atoms with Gasteiger partial charge in [0.1, 0.15) is 11.8 Å². The lowest BCUT2D eigenvalue weighted by molar-refractivity contribution is -0.123. The van der Waals surface area contributed by atoms with Crippen molar-refractivity contribution < 1.29 is 9.53 Å². The van der Waals surface area contributed by atoms with Crippen LogP contribution in [0.5, 0.6) is 5.75 Å². The van der Waals surface area contributed by atoms with E-state index in [1.165, 1.54) is 0 Å². The Labute approximate surface area is 157 Å². The first kappa shape index (κ1) is 17.1. The zero-order valence-electron chi connectivity index (χ0n) is 15.3. The van der Waals surface area contributed by atoms with Crippen molar-refractivity contribution in [1.82, 2.24) is 14.9 Å². The Kier molecular flexibility index (Phi) is 4.50. The van der Waals surface area contributed by atoms with Gasteiger partial charge < -0.3 is 14.6 Å². The highest BCUT2D eigenvalue weighted by Gasteiger charge is 2.16. The van der Waals surface area contributed by atoms with Gasteiger partial charge >= 0.3 is 0 Å². The van der Waals surface area contributed by atoms with Crippen LogP contribution in [-0.4, -0.2) is 22.6 Å². The van der Waals surface area contributed by atoms with Gasteiger partial charge in [-0.2, -0.15) is 0 Å². The molecule has 5 heteroatoms. The molecule has 0 aliphatic carbocycles. The number of imidazole rings is 1. The van der Waals surface area contributed by atoms with Crippen molar-refractivity contribution in [3.05, 3.63) is 72.6 Å². The van der Waals surface area contributed by atoms with Crippen LogP contribution >= 0.6 is 0 Å². The third-order valence-corrected chi connectivity index (χ3v) is 4.86. The number of nitrogens with zero attached hydrogens (tertiary/aromatic N) is 2. The number of ether oxygens (including phenoxy) is 1. The van der Waals surface area contributed by atoms with Crippen LogP contribution in [0.1, 0.15) is 18.5 Å². The van der Waals surface area contributed by atoms with E-state index in [0.29, 0.717) is 6.54 Å². The van der Waals surface area contributed by atoms with Crippen molar-refractivity contribution >= 4 is 27.7 Å². The monoisotopic (exact) mass is 359 g/mol. The van der Waals surface area contributed by atoms with Crippen molar-refractivity contribution in [3.63, 3.8) is 0 Å². The summed E-state index contributed by atoms with van der Waals surface area (Å²) in [4.78, 5) is 17.0. The Balaban J connectivity index is 1.47. The summed E-state index contributed by atoms with van der Waals surface area (Å²) in [5.41, 5.74) is 2.91. The highest BCUT2D eigenvalue weighted by molar-refractivity contribution is 5.85. The molecule has 0 saturated carbocycles. The van der Waals surface area contributed by atoms with Crippen LogP contribution in [0.15, 0.2) is 67.0 Å². The van der Waals surface area contributed by atoms with Gasteiger partial charge in [-0.25, -0.2) is 4.98 Å². The topological polar surface area (TPSA) is 56.1 Å². The van der Waals surface area contributed by atoms with Crippen molar-refractivity contribution in [2.75, 3.05) is 7.11 Å². The van der Waals surface area contributed by atoms with Gasteiger partial charge in [0, 0.05) is 6.54 Å². The number of hydrogen-bond donors (Lipinski definition) is 1. The van der Waals surface area contributed by atoms with Crippen molar-refractivity contribution in [1.29, 1.82) is 0 Å². The van der Waals surface area contributed by atoms with E-state index in [1.54, 1.807) is 13.4 Å². The molecule has 4 aromatic rings. The van der Waals surface area contributed by atoms with Crippen molar-refractivity contribution in [2.24, 2.45) is 0 Å². The number of methoxy groups -OCH3 is 1. The molecule has 1 atom stereocenters. The Hall–Kier alpha value is -3.34. The molecular weight excluding hydrogens is 338 g/mol. The van der Waals surface area contributed by atoms with Gasteiger partial charge in [0.15, 0.2) is 0 Å². The molecule has 0 aliphatic heterocycles. The molecule has 0 aliphatic rings. The molecule has 0 fully saturated rings. The molecule has 1 heterocycles. The fraction of sp³-hybridized carbons (Fsp3) is 0.182. The molecule has 0 saturated heterocycles. The third-order valence-electron chi connectivity index (χ3n) is 4.86. The largest absolute Gasteiger partial charge is 0.497 e.